The highest BCUT2D eigenvalue weighted by Crippen LogP contribution is 2.07. The number of alkyl halides is 1. The van der Waals surface area contributed by atoms with Crippen molar-refractivity contribution in [2.45, 2.75) is 19.4 Å². The lowest BCUT2D eigenvalue weighted by molar-refractivity contribution is 0.0534. The van der Waals surface area contributed by atoms with Gasteiger partial charge in [0.05, 0.1) is 19.4 Å². The van der Waals surface area contributed by atoms with E-state index in [9.17, 15) is 0 Å². The van der Waals surface area contributed by atoms with Crippen LogP contribution in [0, 0.1) is 0 Å². The summed E-state index contributed by atoms with van der Waals surface area (Å²) in [6.45, 7) is 1.60. The minimum atomic E-state index is 0.442. The lowest BCUT2D eigenvalue weighted by atomic mass is 10.3. The Morgan fingerprint density at radius 2 is 2.33 bits per heavy atom. The number of nitrogens with zero attached hydrogens (tertiary/aromatic N) is 1. The second-order valence-electron chi connectivity index (χ2n) is 3.06. The number of oxazole rings is 1. The number of hydrogen-bond acceptors (Lipinski definition) is 4. The smallest absolute Gasteiger partial charge is 0.194 e. The fourth-order valence-corrected chi connectivity index (χ4v) is 1.20. The Bertz CT molecular complexity index is 265. The van der Waals surface area contributed by atoms with Crippen LogP contribution in [0.25, 0.3) is 0 Å². The van der Waals surface area contributed by atoms with Crippen molar-refractivity contribution in [3.05, 3.63) is 17.8 Å². The van der Waals surface area contributed by atoms with Gasteiger partial charge in [-0.1, -0.05) is 0 Å². The first-order valence-corrected chi connectivity index (χ1v) is 5.46. The number of rotatable bonds is 8. The summed E-state index contributed by atoms with van der Waals surface area (Å²) < 4.78 is 15.6. The van der Waals surface area contributed by atoms with Crippen molar-refractivity contribution in [1.29, 1.82) is 0 Å². The highest BCUT2D eigenvalue weighted by atomic mass is 35.5. The molecule has 4 nitrogen and oxygen atoms in total. The summed E-state index contributed by atoms with van der Waals surface area (Å²) >= 11 is 5.57. The summed E-state index contributed by atoms with van der Waals surface area (Å²) in [5.74, 6) is 2.10. The molecule has 1 aromatic heterocycles. The second-order valence-corrected chi connectivity index (χ2v) is 3.44. The van der Waals surface area contributed by atoms with E-state index in [1.54, 1.807) is 13.3 Å². The quantitative estimate of drug-likeness (QED) is 0.509. The lowest BCUT2D eigenvalue weighted by Gasteiger charge is -1.99. The maximum atomic E-state index is 5.57. The van der Waals surface area contributed by atoms with Crippen molar-refractivity contribution in [3.63, 3.8) is 0 Å². The van der Waals surface area contributed by atoms with Crippen molar-refractivity contribution >= 4 is 11.6 Å². The minimum absolute atomic E-state index is 0.442. The minimum Gasteiger partial charge on any atom is -0.443 e. The van der Waals surface area contributed by atoms with E-state index in [1.165, 1.54) is 0 Å². The number of methoxy groups -OCH3 is 1. The van der Waals surface area contributed by atoms with Gasteiger partial charge in [0.1, 0.15) is 12.4 Å². The fourth-order valence-electron chi connectivity index (χ4n) is 1.06. The van der Waals surface area contributed by atoms with E-state index < -0.39 is 0 Å². The number of ether oxygens (including phenoxy) is 2. The molecular weight excluding hydrogens is 218 g/mol. The van der Waals surface area contributed by atoms with Crippen LogP contribution >= 0.6 is 11.6 Å². The molecule has 0 spiro atoms. The van der Waals surface area contributed by atoms with E-state index in [0.717, 1.165) is 24.5 Å². The summed E-state index contributed by atoms with van der Waals surface area (Å²) in [5, 5.41) is 0. The Hall–Kier alpha value is -0.580. The van der Waals surface area contributed by atoms with Crippen LogP contribution in [0.4, 0.5) is 0 Å². The molecule has 0 N–H and O–H groups in total. The monoisotopic (exact) mass is 233 g/mol. The molecule has 0 amide bonds. The van der Waals surface area contributed by atoms with Gasteiger partial charge in [-0.25, -0.2) is 4.98 Å². The Kier molecular flexibility index (Phi) is 6.39. The molecule has 0 aliphatic heterocycles. The van der Waals surface area contributed by atoms with Gasteiger partial charge in [0.2, 0.25) is 0 Å². The van der Waals surface area contributed by atoms with Crippen molar-refractivity contribution in [2.75, 3.05) is 26.2 Å². The van der Waals surface area contributed by atoms with E-state index in [0.29, 0.717) is 25.7 Å². The molecule has 0 bridgehead atoms. The van der Waals surface area contributed by atoms with Crippen LogP contribution in [-0.2, 0) is 22.5 Å². The van der Waals surface area contributed by atoms with Gasteiger partial charge in [-0.15, -0.1) is 11.6 Å². The summed E-state index contributed by atoms with van der Waals surface area (Å²) in [6, 6.07) is 0. The Morgan fingerprint density at radius 1 is 1.47 bits per heavy atom. The van der Waals surface area contributed by atoms with Gasteiger partial charge in [0.15, 0.2) is 5.89 Å². The van der Waals surface area contributed by atoms with Crippen molar-refractivity contribution in [1.82, 2.24) is 4.98 Å². The molecule has 1 rings (SSSR count). The third-order valence-corrected chi connectivity index (χ3v) is 2.07. The Labute approximate surface area is 94.5 Å². The maximum Gasteiger partial charge on any atom is 0.194 e. The Morgan fingerprint density at radius 3 is 3.07 bits per heavy atom. The maximum absolute atomic E-state index is 5.57. The predicted octanol–water partition coefficient (Wildman–Crippen LogP) is 2.01. The van der Waals surface area contributed by atoms with Crippen LogP contribution in [-0.4, -0.2) is 31.2 Å². The molecule has 0 fully saturated rings. The molecule has 0 unspecified atom stereocenters. The molecule has 0 aliphatic carbocycles. The average molecular weight is 234 g/mol. The summed E-state index contributed by atoms with van der Waals surface area (Å²) in [5.41, 5.74) is 0. The average Bonchev–Trinajstić information content (AvgIpc) is 2.69. The van der Waals surface area contributed by atoms with Crippen molar-refractivity contribution in [3.8, 4) is 0 Å². The van der Waals surface area contributed by atoms with Gasteiger partial charge in [-0.3, -0.25) is 0 Å². The van der Waals surface area contributed by atoms with Gasteiger partial charge in [0.25, 0.3) is 0 Å². The van der Waals surface area contributed by atoms with Crippen LogP contribution < -0.4 is 0 Å². The van der Waals surface area contributed by atoms with Crippen LogP contribution in [0.2, 0.25) is 0 Å². The molecule has 1 aromatic rings. The van der Waals surface area contributed by atoms with Crippen LogP contribution in [0.3, 0.4) is 0 Å². The third-order valence-electron chi connectivity index (χ3n) is 1.80. The van der Waals surface area contributed by atoms with Gasteiger partial charge < -0.3 is 13.9 Å². The molecule has 0 saturated carbocycles. The molecule has 15 heavy (non-hydrogen) atoms. The zero-order chi connectivity index (χ0) is 10.9. The molecule has 5 heteroatoms. The first-order valence-electron chi connectivity index (χ1n) is 4.93. The highest BCUT2D eigenvalue weighted by Gasteiger charge is 2.03. The summed E-state index contributed by atoms with van der Waals surface area (Å²) in [4.78, 5) is 4.12. The first kappa shape index (κ1) is 12.5. The van der Waals surface area contributed by atoms with E-state index in [2.05, 4.69) is 4.98 Å². The largest absolute Gasteiger partial charge is 0.443 e. The van der Waals surface area contributed by atoms with Gasteiger partial charge in [0, 0.05) is 19.4 Å². The highest BCUT2D eigenvalue weighted by molar-refractivity contribution is 6.17. The van der Waals surface area contributed by atoms with Crippen molar-refractivity contribution in [2.24, 2.45) is 0 Å². The molecule has 0 aromatic carbocycles. The van der Waals surface area contributed by atoms with Crippen LogP contribution in [0.5, 0.6) is 0 Å². The van der Waals surface area contributed by atoms with E-state index in [1.807, 2.05) is 0 Å². The normalized spacial score (nSPS) is 10.8. The molecule has 0 aliphatic rings. The molecule has 86 valence electrons. The number of halogens is 1. The fraction of sp³-hybridized carbons (Fsp3) is 0.700. The number of hydrogen-bond donors (Lipinski definition) is 0. The summed E-state index contributed by atoms with van der Waals surface area (Å²) in [7, 11) is 1.64. The molecule has 0 atom stereocenters. The lowest BCUT2D eigenvalue weighted by Crippen LogP contribution is -2.01. The number of aromatic nitrogens is 1. The van der Waals surface area contributed by atoms with Crippen LogP contribution in [0.1, 0.15) is 18.1 Å². The standard InChI is InChI=1S/C10H16ClNO3/c1-13-5-6-14-8-9-7-12-10(15-9)3-2-4-11/h7H,2-6,8H2,1H3. The van der Waals surface area contributed by atoms with Gasteiger partial charge in [-0.2, -0.15) is 0 Å². The summed E-state index contributed by atoms with van der Waals surface area (Å²) in [6.07, 6.45) is 3.35. The second kappa shape index (κ2) is 7.68. The van der Waals surface area contributed by atoms with E-state index in [4.69, 9.17) is 25.5 Å². The Balaban J connectivity index is 2.20. The predicted molar refractivity (Wildman–Crippen MR) is 57.1 cm³/mol. The SMILES string of the molecule is COCCOCc1cnc(CCCCl)o1. The molecular formula is C10H16ClNO3. The van der Waals surface area contributed by atoms with Crippen LogP contribution in [0.15, 0.2) is 10.6 Å². The van der Waals surface area contributed by atoms with Crippen molar-refractivity contribution < 1.29 is 13.9 Å². The van der Waals surface area contributed by atoms with Gasteiger partial charge in [-0.05, 0) is 6.42 Å². The molecule has 0 saturated heterocycles. The van der Waals surface area contributed by atoms with Gasteiger partial charge >= 0.3 is 0 Å². The zero-order valence-electron chi connectivity index (χ0n) is 8.87. The molecule has 0 radical (unpaired) electrons. The topological polar surface area (TPSA) is 44.5 Å². The van der Waals surface area contributed by atoms with E-state index in [-0.39, 0.29) is 0 Å². The first-order chi connectivity index (χ1) is 7.36. The zero-order valence-corrected chi connectivity index (χ0v) is 9.63. The number of aryl methyl sites for hydroxylation is 1. The third kappa shape index (κ3) is 5.16. The molecule has 1 heterocycles. The van der Waals surface area contributed by atoms with E-state index >= 15 is 0 Å².